The van der Waals surface area contributed by atoms with Gasteiger partial charge in [0.1, 0.15) is 29.4 Å². The van der Waals surface area contributed by atoms with Crippen LogP contribution in [0, 0.1) is 6.92 Å². The predicted molar refractivity (Wildman–Crippen MR) is 177 cm³/mol. The van der Waals surface area contributed by atoms with Gasteiger partial charge in [-0.25, -0.2) is 0 Å². The van der Waals surface area contributed by atoms with Crippen molar-refractivity contribution < 1.29 is 19.1 Å². The molecule has 6 nitrogen and oxygen atoms in total. The van der Waals surface area contributed by atoms with Gasteiger partial charge in [0.25, 0.3) is 11.8 Å². The highest BCUT2D eigenvalue weighted by molar-refractivity contribution is 7.81. The van der Waals surface area contributed by atoms with E-state index >= 15 is 0 Å². The molecule has 216 valence electrons. The molecule has 1 saturated heterocycles. The Morgan fingerprint density at radius 1 is 0.614 bits per heavy atom. The number of carbonyl (C=O) groups is 2. The topological polar surface area (TPSA) is 59.1 Å². The number of carbonyl (C=O) groups excluding carboxylic acids is 2. The summed E-state index contributed by atoms with van der Waals surface area (Å²) in [6.07, 6.45) is 1.59. The van der Waals surface area contributed by atoms with Gasteiger partial charge in [-0.15, -0.1) is 0 Å². The number of thiocarbonyl (C=S) groups is 1. The van der Waals surface area contributed by atoms with E-state index < -0.39 is 11.8 Å². The molecule has 0 radical (unpaired) electrons. The van der Waals surface area contributed by atoms with Crippen LogP contribution in [0.15, 0.2) is 139 Å². The number of rotatable bonds is 8. The number of para-hydroxylation sites is 1. The van der Waals surface area contributed by atoms with E-state index in [4.69, 9.17) is 21.7 Å². The summed E-state index contributed by atoms with van der Waals surface area (Å²) >= 11 is 5.76. The molecule has 6 rings (SSSR count). The molecule has 1 aliphatic heterocycles. The predicted octanol–water partition coefficient (Wildman–Crippen LogP) is 8.11. The van der Waals surface area contributed by atoms with Crippen molar-refractivity contribution in [2.75, 3.05) is 9.80 Å². The summed E-state index contributed by atoms with van der Waals surface area (Å²) in [6.45, 7) is 2.45. The smallest absolute Gasteiger partial charge is 0.270 e. The van der Waals surface area contributed by atoms with Gasteiger partial charge < -0.3 is 9.47 Å². The number of aryl methyl sites for hydroxylation is 1. The first-order valence-electron chi connectivity index (χ1n) is 14.1. The van der Waals surface area contributed by atoms with Gasteiger partial charge in [0, 0.05) is 0 Å². The van der Waals surface area contributed by atoms with E-state index in [0.29, 0.717) is 40.8 Å². The molecule has 0 unspecified atom stereocenters. The molecule has 0 aliphatic carbocycles. The van der Waals surface area contributed by atoms with Crippen LogP contribution in [0.25, 0.3) is 6.08 Å². The Morgan fingerprint density at radius 2 is 1.11 bits per heavy atom. The number of hydrogen-bond donors (Lipinski definition) is 0. The third-order valence-corrected chi connectivity index (χ3v) is 7.42. The first-order chi connectivity index (χ1) is 21.5. The molecule has 2 amide bonds. The van der Waals surface area contributed by atoms with Crippen LogP contribution >= 0.6 is 12.2 Å². The average Bonchev–Trinajstić information content (AvgIpc) is 3.05. The van der Waals surface area contributed by atoms with Crippen LogP contribution < -0.4 is 19.3 Å². The molecule has 0 atom stereocenters. The van der Waals surface area contributed by atoms with E-state index in [-0.39, 0.29) is 10.7 Å². The normalized spacial score (nSPS) is 14.2. The Kier molecular flexibility index (Phi) is 8.30. The Balaban J connectivity index is 1.28. The van der Waals surface area contributed by atoms with E-state index in [9.17, 15) is 9.59 Å². The lowest BCUT2D eigenvalue weighted by molar-refractivity contribution is -0.120. The van der Waals surface area contributed by atoms with Gasteiger partial charge in [0.05, 0.1) is 11.4 Å². The Hall–Kier alpha value is -5.53. The molecule has 0 spiro atoms. The molecule has 0 aromatic heterocycles. The molecular weight excluding hydrogens is 568 g/mol. The van der Waals surface area contributed by atoms with Crippen LogP contribution in [0.4, 0.5) is 11.4 Å². The minimum atomic E-state index is -0.510. The number of amides is 2. The summed E-state index contributed by atoms with van der Waals surface area (Å²) in [5, 5.41) is 0.0696. The van der Waals surface area contributed by atoms with Crippen LogP contribution in [0.5, 0.6) is 17.2 Å². The minimum absolute atomic E-state index is 0.0135. The van der Waals surface area contributed by atoms with E-state index in [2.05, 4.69) is 0 Å². The van der Waals surface area contributed by atoms with Crippen LogP contribution in [-0.4, -0.2) is 16.9 Å². The van der Waals surface area contributed by atoms with E-state index in [1.165, 1.54) is 9.80 Å². The zero-order chi connectivity index (χ0) is 30.5. The molecule has 5 aromatic carbocycles. The first kappa shape index (κ1) is 28.6. The lowest BCUT2D eigenvalue weighted by atomic mass is 10.0. The van der Waals surface area contributed by atoms with Crippen molar-refractivity contribution >= 4 is 46.6 Å². The number of ether oxygens (including phenoxy) is 2. The molecule has 1 heterocycles. The maximum atomic E-state index is 13.9. The Bertz CT molecular complexity index is 1820. The van der Waals surface area contributed by atoms with Crippen LogP contribution in [-0.2, 0) is 16.2 Å². The summed E-state index contributed by atoms with van der Waals surface area (Å²) in [7, 11) is 0. The molecule has 5 aromatic rings. The highest BCUT2D eigenvalue weighted by Gasteiger charge is 2.41. The van der Waals surface area contributed by atoms with Gasteiger partial charge in [-0.05, 0) is 97.0 Å². The molecular formula is C37H28N2O4S. The van der Waals surface area contributed by atoms with Gasteiger partial charge in [0.2, 0.25) is 0 Å². The van der Waals surface area contributed by atoms with Gasteiger partial charge in [-0.1, -0.05) is 78.4 Å². The highest BCUT2D eigenvalue weighted by atomic mass is 32.1. The van der Waals surface area contributed by atoms with Gasteiger partial charge in [0.15, 0.2) is 5.11 Å². The SMILES string of the molecule is Cc1ccc(Oc2ccc(N3C(=O)/C(=C\c4ccc(OCc5ccccc5)cc4)C(=O)N(c4ccccc4)C3=S)cc2)cc1. The maximum Gasteiger partial charge on any atom is 0.270 e. The second-order valence-corrected chi connectivity index (χ2v) is 10.6. The summed E-state index contributed by atoms with van der Waals surface area (Å²) in [4.78, 5) is 30.5. The second kappa shape index (κ2) is 12.8. The molecule has 7 heteroatoms. The number of hydrogen-bond acceptors (Lipinski definition) is 5. The quantitative estimate of drug-likeness (QED) is 0.103. The molecule has 0 bridgehead atoms. The zero-order valence-corrected chi connectivity index (χ0v) is 24.7. The van der Waals surface area contributed by atoms with E-state index in [1.807, 2.05) is 104 Å². The van der Waals surface area contributed by atoms with Crippen molar-refractivity contribution in [1.29, 1.82) is 0 Å². The fourth-order valence-corrected chi connectivity index (χ4v) is 5.11. The molecule has 1 aliphatic rings. The third kappa shape index (κ3) is 6.28. The van der Waals surface area contributed by atoms with Crippen LogP contribution in [0.2, 0.25) is 0 Å². The summed E-state index contributed by atoms with van der Waals surface area (Å²) in [5.41, 5.74) is 3.94. The first-order valence-corrected chi connectivity index (χ1v) is 14.5. The van der Waals surface area contributed by atoms with Gasteiger partial charge in [-0.3, -0.25) is 19.4 Å². The molecule has 0 saturated carbocycles. The van der Waals surface area contributed by atoms with Crippen molar-refractivity contribution in [2.45, 2.75) is 13.5 Å². The van der Waals surface area contributed by atoms with Gasteiger partial charge in [-0.2, -0.15) is 0 Å². The average molecular weight is 597 g/mol. The Labute approximate surface area is 261 Å². The number of anilines is 2. The lowest BCUT2D eigenvalue weighted by Crippen LogP contribution is -2.56. The third-order valence-electron chi connectivity index (χ3n) is 7.05. The van der Waals surface area contributed by atoms with Crippen molar-refractivity contribution in [3.8, 4) is 17.2 Å². The fourth-order valence-electron chi connectivity index (χ4n) is 4.74. The molecule has 0 N–H and O–H groups in total. The molecule has 44 heavy (non-hydrogen) atoms. The largest absolute Gasteiger partial charge is 0.489 e. The molecule has 1 fully saturated rings. The lowest BCUT2D eigenvalue weighted by Gasteiger charge is -2.36. The van der Waals surface area contributed by atoms with Crippen molar-refractivity contribution in [3.63, 3.8) is 0 Å². The zero-order valence-electron chi connectivity index (χ0n) is 23.9. The second-order valence-electron chi connectivity index (χ2n) is 10.2. The monoisotopic (exact) mass is 596 g/mol. The summed E-state index contributed by atoms with van der Waals surface area (Å²) in [6, 6.07) is 41.0. The van der Waals surface area contributed by atoms with Crippen LogP contribution in [0.3, 0.4) is 0 Å². The van der Waals surface area contributed by atoms with E-state index in [0.717, 1.165) is 11.1 Å². The summed E-state index contributed by atoms with van der Waals surface area (Å²) < 4.78 is 11.9. The standard InChI is InChI=1S/C37H28N2O4S/c1-26-12-18-32(19-13-26)43-33-22-16-30(17-23-33)39-36(41)34(35(40)38(37(39)44)29-10-6-3-7-11-29)24-27-14-20-31(21-15-27)42-25-28-8-4-2-5-9-28/h2-24H,25H2,1H3/b34-24-. The van der Waals surface area contributed by atoms with Crippen molar-refractivity contribution in [3.05, 3.63) is 156 Å². The van der Waals surface area contributed by atoms with Gasteiger partial charge >= 0.3 is 0 Å². The number of benzene rings is 5. The number of nitrogens with zero attached hydrogens (tertiary/aromatic N) is 2. The van der Waals surface area contributed by atoms with Crippen LogP contribution in [0.1, 0.15) is 16.7 Å². The van der Waals surface area contributed by atoms with Crippen molar-refractivity contribution in [1.82, 2.24) is 0 Å². The fraction of sp³-hybridized carbons (Fsp3) is 0.0541. The summed E-state index contributed by atoms with van der Waals surface area (Å²) in [5.74, 6) is 0.985. The highest BCUT2D eigenvalue weighted by Crippen LogP contribution is 2.32. The Morgan fingerprint density at radius 3 is 1.70 bits per heavy atom. The van der Waals surface area contributed by atoms with E-state index in [1.54, 1.807) is 42.5 Å². The maximum absolute atomic E-state index is 13.9. The van der Waals surface area contributed by atoms with Crippen molar-refractivity contribution in [2.24, 2.45) is 0 Å². The minimum Gasteiger partial charge on any atom is -0.489 e.